The molecule has 6 heteroatoms. The van der Waals surface area contributed by atoms with Gasteiger partial charge in [0.05, 0.1) is 10.1 Å². The number of amides is 1. The quantitative estimate of drug-likeness (QED) is 0.773. The molecule has 2 N–H and O–H groups in total. The van der Waals surface area contributed by atoms with Crippen molar-refractivity contribution in [3.63, 3.8) is 0 Å². The van der Waals surface area contributed by atoms with E-state index in [-0.39, 0.29) is 18.6 Å². The van der Waals surface area contributed by atoms with Crippen molar-refractivity contribution in [3.05, 3.63) is 21.3 Å². The number of thioether (sulfide) groups is 1. The van der Waals surface area contributed by atoms with Crippen molar-refractivity contribution in [2.45, 2.75) is 32.1 Å². The van der Waals surface area contributed by atoms with Crippen LogP contribution in [0.25, 0.3) is 0 Å². The third-order valence-corrected chi connectivity index (χ3v) is 5.09. The topological polar surface area (TPSA) is 49.3 Å². The Morgan fingerprint density at radius 1 is 1.53 bits per heavy atom. The second kappa shape index (κ2) is 8.84. The second-order valence-corrected chi connectivity index (χ2v) is 7.41. The summed E-state index contributed by atoms with van der Waals surface area (Å²) < 4.78 is 0.780. The van der Waals surface area contributed by atoms with Crippen LogP contribution in [0.5, 0.6) is 0 Å². The van der Waals surface area contributed by atoms with Crippen molar-refractivity contribution in [2.75, 3.05) is 12.4 Å². The van der Waals surface area contributed by atoms with Gasteiger partial charge in [-0.25, -0.2) is 0 Å². The number of nitrogens with one attached hydrogen (secondary N) is 1. The number of aliphatic hydroxyl groups excluding tert-OH is 1. The molecule has 1 aromatic heterocycles. The second-order valence-electron chi connectivity index (χ2n) is 4.63. The summed E-state index contributed by atoms with van der Waals surface area (Å²) in [5, 5.41) is 11.9. The fourth-order valence-electron chi connectivity index (χ4n) is 1.63. The molecule has 1 amide bonds. The Morgan fingerprint density at radius 3 is 2.79 bits per heavy atom. The van der Waals surface area contributed by atoms with Crippen molar-refractivity contribution < 1.29 is 9.90 Å². The van der Waals surface area contributed by atoms with Crippen LogP contribution in [0, 0.1) is 5.92 Å². The van der Waals surface area contributed by atoms with Crippen LogP contribution in [0.1, 0.15) is 25.1 Å². The highest BCUT2D eigenvalue weighted by Crippen LogP contribution is 2.25. The zero-order valence-electron chi connectivity index (χ0n) is 11.2. The Bertz CT molecular complexity index is 396. The van der Waals surface area contributed by atoms with Crippen molar-refractivity contribution in [2.24, 2.45) is 5.92 Å². The predicted octanol–water partition coefficient (Wildman–Crippen LogP) is 3.16. The average Bonchev–Trinajstić information content (AvgIpc) is 2.74. The van der Waals surface area contributed by atoms with E-state index in [0.29, 0.717) is 18.1 Å². The summed E-state index contributed by atoms with van der Waals surface area (Å²) in [5.74, 6) is 1.60. The lowest BCUT2D eigenvalue weighted by Crippen LogP contribution is -2.40. The van der Waals surface area contributed by atoms with E-state index in [1.54, 1.807) is 23.1 Å². The zero-order valence-corrected chi connectivity index (χ0v) is 13.6. The number of hydrogen-bond acceptors (Lipinski definition) is 4. The Balaban J connectivity index is 2.26. The maximum absolute atomic E-state index is 11.8. The molecule has 0 aliphatic carbocycles. The maximum atomic E-state index is 11.8. The van der Waals surface area contributed by atoms with Gasteiger partial charge in [0.15, 0.2) is 0 Å². The van der Waals surface area contributed by atoms with Gasteiger partial charge in [0, 0.05) is 23.3 Å². The summed E-state index contributed by atoms with van der Waals surface area (Å²) in [7, 11) is 0. The molecule has 108 valence electrons. The van der Waals surface area contributed by atoms with Gasteiger partial charge in [0.25, 0.3) is 0 Å². The van der Waals surface area contributed by atoms with Gasteiger partial charge < -0.3 is 10.4 Å². The van der Waals surface area contributed by atoms with Gasteiger partial charge in [-0.3, -0.25) is 4.79 Å². The molecular weight excluding hydrogens is 302 g/mol. The minimum Gasteiger partial charge on any atom is -0.396 e. The van der Waals surface area contributed by atoms with Gasteiger partial charge in [0.1, 0.15) is 0 Å². The maximum Gasteiger partial charge on any atom is 0.230 e. The van der Waals surface area contributed by atoms with Crippen LogP contribution in [0.2, 0.25) is 4.34 Å². The molecule has 1 heterocycles. The first-order valence-electron chi connectivity index (χ1n) is 6.25. The fraction of sp³-hybridized carbons (Fsp3) is 0.615. The first-order chi connectivity index (χ1) is 9.02. The molecule has 1 unspecified atom stereocenters. The van der Waals surface area contributed by atoms with Crippen molar-refractivity contribution in [1.29, 1.82) is 0 Å². The van der Waals surface area contributed by atoms with E-state index in [1.807, 2.05) is 26.0 Å². The van der Waals surface area contributed by atoms with Gasteiger partial charge in [-0.05, 0) is 24.5 Å². The van der Waals surface area contributed by atoms with Gasteiger partial charge in [0.2, 0.25) is 5.91 Å². The van der Waals surface area contributed by atoms with E-state index in [9.17, 15) is 4.79 Å². The Hall–Kier alpha value is -0.230. The Labute approximate surface area is 127 Å². The van der Waals surface area contributed by atoms with E-state index in [4.69, 9.17) is 16.7 Å². The number of aliphatic hydroxyl groups is 1. The number of thiophene rings is 1. The number of rotatable bonds is 8. The monoisotopic (exact) mass is 321 g/mol. The molecule has 3 nitrogen and oxygen atoms in total. The van der Waals surface area contributed by atoms with E-state index < -0.39 is 0 Å². The molecule has 0 saturated heterocycles. The van der Waals surface area contributed by atoms with Crippen molar-refractivity contribution in [3.8, 4) is 0 Å². The standard InChI is InChI=1S/C13H20ClNO2S2/c1-9(2)11(5-6-16)15-13(17)8-18-7-10-3-4-12(14)19-10/h3-4,9,11,16H,5-8H2,1-2H3,(H,15,17). The molecule has 0 saturated carbocycles. The van der Waals surface area contributed by atoms with E-state index in [1.165, 1.54) is 4.88 Å². The summed E-state index contributed by atoms with van der Waals surface area (Å²) in [6.07, 6.45) is 0.606. The molecule has 0 aliphatic rings. The molecule has 0 fully saturated rings. The summed E-state index contributed by atoms with van der Waals surface area (Å²) in [6, 6.07) is 3.91. The van der Waals surface area contributed by atoms with Crippen LogP contribution < -0.4 is 5.32 Å². The number of carbonyl (C=O) groups is 1. The third-order valence-electron chi connectivity index (χ3n) is 2.70. The molecule has 1 aromatic rings. The molecule has 1 rings (SSSR count). The molecule has 0 radical (unpaired) electrons. The molecule has 0 bridgehead atoms. The minimum absolute atomic E-state index is 0.0276. The summed E-state index contributed by atoms with van der Waals surface area (Å²) >= 11 is 8.97. The van der Waals surface area contributed by atoms with Gasteiger partial charge in [-0.15, -0.1) is 23.1 Å². The van der Waals surface area contributed by atoms with E-state index >= 15 is 0 Å². The lowest BCUT2D eigenvalue weighted by Gasteiger charge is -2.21. The van der Waals surface area contributed by atoms with Crippen molar-refractivity contribution in [1.82, 2.24) is 5.32 Å². The summed E-state index contributed by atoms with van der Waals surface area (Å²) in [5.41, 5.74) is 0. The van der Waals surface area contributed by atoms with Gasteiger partial charge >= 0.3 is 0 Å². The molecule has 0 aliphatic heterocycles. The Morgan fingerprint density at radius 2 is 2.26 bits per heavy atom. The zero-order chi connectivity index (χ0) is 14.3. The number of halogens is 1. The van der Waals surface area contributed by atoms with Crippen LogP contribution in [0.15, 0.2) is 12.1 Å². The fourth-order valence-corrected chi connectivity index (χ4v) is 3.67. The molecule has 0 spiro atoms. The highest BCUT2D eigenvalue weighted by Gasteiger charge is 2.15. The molecule has 1 atom stereocenters. The van der Waals surface area contributed by atoms with Crippen molar-refractivity contribution >= 4 is 40.6 Å². The van der Waals surface area contributed by atoms with Gasteiger partial charge in [-0.2, -0.15) is 0 Å². The number of hydrogen-bond donors (Lipinski definition) is 2. The van der Waals surface area contributed by atoms with Crippen LogP contribution in [-0.4, -0.2) is 29.4 Å². The predicted molar refractivity (Wildman–Crippen MR) is 84.0 cm³/mol. The first kappa shape index (κ1) is 16.8. The SMILES string of the molecule is CC(C)C(CCO)NC(=O)CSCc1ccc(Cl)s1. The van der Waals surface area contributed by atoms with Crippen LogP contribution in [0.4, 0.5) is 0 Å². The van der Waals surface area contributed by atoms with Crippen LogP contribution in [0.3, 0.4) is 0 Å². The third kappa shape index (κ3) is 6.65. The molecular formula is C13H20ClNO2S2. The Kier molecular flexibility index (Phi) is 7.83. The molecule has 19 heavy (non-hydrogen) atoms. The highest BCUT2D eigenvalue weighted by molar-refractivity contribution is 7.99. The summed E-state index contributed by atoms with van der Waals surface area (Å²) in [4.78, 5) is 13.0. The normalized spacial score (nSPS) is 12.7. The first-order valence-corrected chi connectivity index (χ1v) is 8.60. The van der Waals surface area contributed by atoms with Crippen LogP contribution >= 0.6 is 34.7 Å². The minimum atomic E-state index is 0.0276. The van der Waals surface area contributed by atoms with Gasteiger partial charge in [-0.1, -0.05) is 25.4 Å². The lowest BCUT2D eigenvalue weighted by atomic mass is 10.0. The summed E-state index contributed by atoms with van der Waals surface area (Å²) in [6.45, 7) is 4.19. The largest absolute Gasteiger partial charge is 0.396 e. The number of carbonyl (C=O) groups excluding carboxylic acids is 1. The van der Waals surface area contributed by atoms with E-state index in [0.717, 1.165) is 10.1 Å². The van der Waals surface area contributed by atoms with E-state index in [2.05, 4.69) is 5.32 Å². The average molecular weight is 322 g/mol. The highest BCUT2D eigenvalue weighted by atomic mass is 35.5. The molecule has 0 aromatic carbocycles. The van der Waals surface area contributed by atoms with Crippen LogP contribution in [-0.2, 0) is 10.5 Å². The smallest absolute Gasteiger partial charge is 0.230 e. The lowest BCUT2D eigenvalue weighted by molar-refractivity contribution is -0.119.